The minimum atomic E-state index is -0.838. The number of aromatic nitrogens is 3. The second-order valence-corrected chi connectivity index (χ2v) is 9.20. The molecule has 2 atom stereocenters. The molecule has 9 nitrogen and oxygen atoms in total. The zero-order chi connectivity index (χ0) is 24.2. The number of halogens is 1. The van der Waals surface area contributed by atoms with Crippen LogP contribution in [0.5, 0.6) is 5.75 Å². The molecule has 4 rings (SSSR count). The third-order valence-electron chi connectivity index (χ3n) is 6.91. The predicted molar refractivity (Wildman–Crippen MR) is 121 cm³/mol. The molecule has 1 heterocycles. The van der Waals surface area contributed by atoms with Crippen molar-refractivity contribution in [3.8, 4) is 17.0 Å². The Labute approximate surface area is 197 Å². The lowest BCUT2D eigenvalue weighted by Gasteiger charge is -2.27. The largest absolute Gasteiger partial charge is 0.487 e. The second-order valence-electron chi connectivity index (χ2n) is 9.20. The summed E-state index contributed by atoms with van der Waals surface area (Å²) in [6.07, 6.45) is 5.87. The van der Waals surface area contributed by atoms with E-state index in [-0.39, 0.29) is 24.5 Å². The summed E-state index contributed by atoms with van der Waals surface area (Å²) in [7, 11) is 3.44. The van der Waals surface area contributed by atoms with Crippen molar-refractivity contribution in [1.29, 1.82) is 0 Å². The highest BCUT2D eigenvalue weighted by atomic mass is 19.1. The maximum atomic E-state index is 14.9. The number of carboxylic acids is 1. The Morgan fingerprint density at radius 1 is 1.21 bits per heavy atom. The van der Waals surface area contributed by atoms with Crippen LogP contribution in [0.1, 0.15) is 57.1 Å². The highest BCUT2D eigenvalue weighted by molar-refractivity contribution is 5.70. The molecule has 1 N–H and O–H groups in total. The van der Waals surface area contributed by atoms with Gasteiger partial charge in [0.15, 0.2) is 11.6 Å². The lowest BCUT2D eigenvalue weighted by Crippen LogP contribution is -2.35. The highest BCUT2D eigenvalue weighted by Crippen LogP contribution is 2.32. The third kappa shape index (κ3) is 5.31. The molecule has 2 aliphatic carbocycles. The van der Waals surface area contributed by atoms with Gasteiger partial charge in [-0.05, 0) is 56.7 Å². The Balaban J connectivity index is 1.43. The lowest BCUT2D eigenvalue weighted by molar-refractivity contribution is -0.143. The molecule has 0 bridgehead atoms. The fourth-order valence-electron chi connectivity index (χ4n) is 4.83. The fourth-order valence-corrected chi connectivity index (χ4v) is 4.83. The van der Waals surface area contributed by atoms with Gasteiger partial charge in [0.05, 0.1) is 12.0 Å². The van der Waals surface area contributed by atoms with Gasteiger partial charge in [0, 0.05) is 25.7 Å². The SMILES string of the molecule is CN(C(=O)OCc1c(-c2ccc(O[C@H]3CCC[C@H](C(=O)O)C3)c(F)c2)nnn1C)C1CCCC1. The van der Waals surface area contributed by atoms with Crippen LogP contribution in [0.2, 0.25) is 0 Å². The van der Waals surface area contributed by atoms with Gasteiger partial charge in [-0.1, -0.05) is 18.1 Å². The van der Waals surface area contributed by atoms with Gasteiger partial charge in [-0.2, -0.15) is 0 Å². The molecule has 0 aliphatic heterocycles. The molecule has 2 saturated carbocycles. The smallest absolute Gasteiger partial charge is 0.410 e. The molecular formula is C24H31FN4O5. The molecule has 0 radical (unpaired) electrons. The molecule has 1 amide bonds. The number of carbonyl (C=O) groups excluding carboxylic acids is 1. The zero-order valence-electron chi connectivity index (χ0n) is 19.6. The van der Waals surface area contributed by atoms with Crippen molar-refractivity contribution in [2.45, 2.75) is 70.1 Å². The van der Waals surface area contributed by atoms with E-state index in [4.69, 9.17) is 9.47 Å². The molecule has 2 aliphatic rings. The van der Waals surface area contributed by atoms with Gasteiger partial charge in [0.1, 0.15) is 18.0 Å². The molecule has 1 aromatic heterocycles. The first-order chi connectivity index (χ1) is 16.3. The molecular weight excluding hydrogens is 443 g/mol. The Morgan fingerprint density at radius 3 is 2.68 bits per heavy atom. The Hall–Kier alpha value is -3.17. The van der Waals surface area contributed by atoms with E-state index in [0.717, 1.165) is 32.1 Å². The molecule has 2 fully saturated rings. The monoisotopic (exact) mass is 474 g/mol. The molecule has 34 heavy (non-hydrogen) atoms. The summed E-state index contributed by atoms with van der Waals surface area (Å²) in [4.78, 5) is 25.4. The number of carboxylic acid groups (broad SMARTS) is 1. The van der Waals surface area contributed by atoms with Crippen LogP contribution in [-0.4, -0.2) is 56.3 Å². The van der Waals surface area contributed by atoms with Crippen molar-refractivity contribution >= 4 is 12.1 Å². The van der Waals surface area contributed by atoms with E-state index in [9.17, 15) is 19.1 Å². The van der Waals surface area contributed by atoms with E-state index >= 15 is 0 Å². The van der Waals surface area contributed by atoms with Crippen LogP contribution >= 0.6 is 0 Å². The normalized spacial score (nSPS) is 20.8. The molecule has 0 saturated heterocycles. The van der Waals surface area contributed by atoms with Crippen LogP contribution < -0.4 is 4.74 Å². The maximum absolute atomic E-state index is 14.9. The van der Waals surface area contributed by atoms with Gasteiger partial charge in [-0.25, -0.2) is 13.9 Å². The van der Waals surface area contributed by atoms with Crippen LogP contribution in [-0.2, 0) is 23.2 Å². The molecule has 10 heteroatoms. The average Bonchev–Trinajstić information content (AvgIpc) is 3.48. The third-order valence-corrected chi connectivity index (χ3v) is 6.91. The number of ether oxygens (including phenoxy) is 2. The van der Waals surface area contributed by atoms with Gasteiger partial charge >= 0.3 is 12.1 Å². The van der Waals surface area contributed by atoms with Gasteiger partial charge in [-0.15, -0.1) is 5.10 Å². The number of amides is 1. The summed E-state index contributed by atoms with van der Waals surface area (Å²) in [5.41, 5.74) is 1.46. The number of hydrogen-bond donors (Lipinski definition) is 1. The number of benzene rings is 1. The minimum Gasteiger partial charge on any atom is -0.487 e. The summed E-state index contributed by atoms with van der Waals surface area (Å²) in [5.74, 6) is -1.78. The van der Waals surface area contributed by atoms with Crippen LogP contribution in [0.4, 0.5) is 9.18 Å². The highest BCUT2D eigenvalue weighted by Gasteiger charge is 2.29. The predicted octanol–water partition coefficient (Wildman–Crippen LogP) is 4.15. The van der Waals surface area contributed by atoms with Crippen LogP contribution in [0.25, 0.3) is 11.3 Å². The number of carbonyl (C=O) groups is 2. The summed E-state index contributed by atoms with van der Waals surface area (Å²) in [6.45, 7) is -0.0345. The number of aliphatic carboxylic acids is 1. The summed E-state index contributed by atoms with van der Waals surface area (Å²) < 4.78 is 27.7. The molecule has 2 aromatic rings. The summed E-state index contributed by atoms with van der Waals surface area (Å²) in [6, 6.07) is 4.71. The minimum absolute atomic E-state index is 0.0345. The van der Waals surface area contributed by atoms with E-state index in [0.29, 0.717) is 36.2 Å². The Kier molecular flexibility index (Phi) is 7.33. The maximum Gasteiger partial charge on any atom is 0.410 e. The second kappa shape index (κ2) is 10.4. The van der Waals surface area contributed by atoms with Crippen LogP contribution in [0.15, 0.2) is 18.2 Å². The van der Waals surface area contributed by atoms with E-state index in [1.807, 2.05) is 0 Å². The van der Waals surface area contributed by atoms with Crippen molar-refractivity contribution in [1.82, 2.24) is 19.9 Å². The van der Waals surface area contributed by atoms with E-state index in [2.05, 4.69) is 10.3 Å². The number of rotatable bonds is 7. The first kappa shape index (κ1) is 24.0. The lowest BCUT2D eigenvalue weighted by atomic mass is 9.87. The topological polar surface area (TPSA) is 107 Å². The zero-order valence-corrected chi connectivity index (χ0v) is 19.6. The molecule has 0 spiro atoms. The van der Waals surface area contributed by atoms with E-state index < -0.39 is 23.8 Å². The number of nitrogens with zero attached hydrogens (tertiary/aromatic N) is 4. The fraction of sp³-hybridized carbons (Fsp3) is 0.583. The van der Waals surface area contributed by atoms with Crippen molar-refractivity contribution in [2.24, 2.45) is 13.0 Å². The van der Waals surface area contributed by atoms with Crippen molar-refractivity contribution in [3.05, 3.63) is 29.7 Å². The molecule has 1 aromatic carbocycles. The van der Waals surface area contributed by atoms with Crippen LogP contribution in [0, 0.1) is 11.7 Å². The van der Waals surface area contributed by atoms with Crippen molar-refractivity contribution in [2.75, 3.05) is 7.05 Å². The van der Waals surface area contributed by atoms with Crippen LogP contribution in [0.3, 0.4) is 0 Å². The Bertz CT molecular complexity index is 1040. The van der Waals surface area contributed by atoms with Gasteiger partial charge in [0.25, 0.3) is 0 Å². The van der Waals surface area contributed by atoms with Crippen molar-refractivity contribution < 1.29 is 28.6 Å². The Morgan fingerprint density at radius 2 is 1.97 bits per heavy atom. The van der Waals surface area contributed by atoms with E-state index in [1.165, 1.54) is 16.8 Å². The molecule has 184 valence electrons. The number of hydrogen-bond acceptors (Lipinski definition) is 6. The summed E-state index contributed by atoms with van der Waals surface area (Å²) in [5, 5.41) is 17.4. The first-order valence-electron chi connectivity index (χ1n) is 11.8. The quantitative estimate of drug-likeness (QED) is 0.642. The molecule has 0 unspecified atom stereocenters. The number of aryl methyl sites for hydroxylation is 1. The van der Waals surface area contributed by atoms with E-state index in [1.54, 1.807) is 25.1 Å². The standard InChI is InChI=1S/C24H31FN4O5/c1-28(17-7-3-4-8-17)24(32)33-14-20-22(26-27-29(20)2)15-10-11-21(19(25)13-15)34-18-9-5-6-16(12-18)23(30)31/h10-11,13,16-18H,3-9,12,14H2,1-2H3,(H,30,31)/t16-,18-/m0/s1. The van der Waals surface area contributed by atoms with Crippen molar-refractivity contribution in [3.63, 3.8) is 0 Å². The van der Waals surface area contributed by atoms with Gasteiger partial charge in [-0.3, -0.25) is 4.79 Å². The van der Waals surface area contributed by atoms with Gasteiger partial charge in [0.2, 0.25) is 0 Å². The first-order valence-corrected chi connectivity index (χ1v) is 11.8. The van der Waals surface area contributed by atoms with Gasteiger partial charge < -0.3 is 19.5 Å². The average molecular weight is 475 g/mol. The summed E-state index contributed by atoms with van der Waals surface area (Å²) >= 11 is 0.